The first kappa shape index (κ1) is 10.2. The Kier molecular flexibility index (Phi) is 3.48. The van der Waals surface area contributed by atoms with Crippen LogP contribution in [0.25, 0.3) is 0 Å². The lowest BCUT2D eigenvalue weighted by Gasteiger charge is -2.35. The van der Waals surface area contributed by atoms with Crippen molar-refractivity contribution in [3.8, 4) is 0 Å². The van der Waals surface area contributed by atoms with Gasteiger partial charge in [-0.25, -0.2) is 0 Å². The van der Waals surface area contributed by atoms with E-state index in [1.165, 1.54) is 0 Å². The minimum atomic E-state index is 0.148. The van der Waals surface area contributed by atoms with Crippen LogP contribution in [0.2, 0.25) is 0 Å². The number of piperazine rings is 1. The molecule has 0 saturated carbocycles. The fourth-order valence-electron chi connectivity index (χ4n) is 1.38. The molecule has 13 heavy (non-hydrogen) atoms. The van der Waals surface area contributed by atoms with Gasteiger partial charge in [0.25, 0.3) is 0 Å². The van der Waals surface area contributed by atoms with Gasteiger partial charge in [0, 0.05) is 40.2 Å². The summed E-state index contributed by atoms with van der Waals surface area (Å²) in [5.41, 5.74) is 0. The van der Waals surface area contributed by atoms with Crippen molar-refractivity contribution in [1.82, 2.24) is 15.1 Å². The molecular weight excluding hydrogens is 186 g/mol. The highest BCUT2D eigenvalue weighted by Gasteiger charge is 2.19. The molecule has 1 N–H and O–H groups in total. The van der Waals surface area contributed by atoms with E-state index < -0.39 is 0 Å². The van der Waals surface area contributed by atoms with Crippen LogP contribution < -0.4 is 5.32 Å². The lowest BCUT2D eigenvalue weighted by Crippen LogP contribution is -2.52. The second-order valence-electron chi connectivity index (χ2n) is 3.05. The van der Waals surface area contributed by atoms with Crippen molar-refractivity contribution in [2.24, 2.45) is 0 Å². The molecule has 1 fully saturated rings. The summed E-state index contributed by atoms with van der Waals surface area (Å²) in [6, 6.07) is 0. The maximum atomic E-state index is 11.0. The van der Waals surface area contributed by atoms with Crippen LogP contribution in [0.4, 0.5) is 0 Å². The molecule has 0 aliphatic carbocycles. The Balaban J connectivity index is 2.39. The number of carbonyl (C=O) groups is 1. The number of amides is 1. The minimum absolute atomic E-state index is 0.148. The Morgan fingerprint density at radius 2 is 1.69 bits per heavy atom. The van der Waals surface area contributed by atoms with Crippen molar-refractivity contribution >= 4 is 23.2 Å². The third kappa shape index (κ3) is 2.55. The summed E-state index contributed by atoms with van der Waals surface area (Å²) in [6.07, 6.45) is 0. The quantitative estimate of drug-likeness (QED) is 0.544. The van der Waals surface area contributed by atoms with Gasteiger partial charge in [0.05, 0.1) is 0 Å². The van der Waals surface area contributed by atoms with E-state index in [-0.39, 0.29) is 5.91 Å². The number of thiocarbonyl (C=S) groups is 1. The van der Waals surface area contributed by atoms with Crippen molar-refractivity contribution in [2.75, 3.05) is 33.2 Å². The molecule has 0 spiro atoms. The van der Waals surface area contributed by atoms with Crippen molar-refractivity contribution < 1.29 is 4.79 Å². The number of nitrogens with one attached hydrogen (secondary N) is 1. The third-order valence-corrected chi connectivity index (χ3v) is 2.69. The zero-order valence-corrected chi connectivity index (χ0v) is 8.86. The third-order valence-electron chi connectivity index (χ3n) is 2.23. The average molecular weight is 201 g/mol. The minimum Gasteiger partial charge on any atom is -0.366 e. The zero-order valence-electron chi connectivity index (χ0n) is 8.04. The van der Waals surface area contributed by atoms with E-state index in [1.807, 2.05) is 11.9 Å². The van der Waals surface area contributed by atoms with Gasteiger partial charge < -0.3 is 15.1 Å². The van der Waals surface area contributed by atoms with Gasteiger partial charge >= 0.3 is 0 Å². The van der Waals surface area contributed by atoms with Gasteiger partial charge in [-0.1, -0.05) is 0 Å². The van der Waals surface area contributed by atoms with Crippen LogP contribution in [-0.2, 0) is 4.79 Å². The highest BCUT2D eigenvalue weighted by molar-refractivity contribution is 7.80. The maximum Gasteiger partial charge on any atom is 0.219 e. The zero-order chi connectivity index (χ0) is 9.84. The molecule has 0 aromatic carbocycles. The van der Waals surface area contributed by atoms with Crippen LogP contribution in [-0.4, -0.2) is 54.0 Å². The van der Waals surface area contributed by atoms with Crippen molar-refractivity contribution in [2.45, 2.75) is 6.92 Å². The van der Waals surface area contributed by atoms with Gasteiger partial charge in [0.1, 0.15) is 0 Å². The molecule has 1 amide bonds. The second-order valence-corrected chi connectivity index (χ2v) is 3.43. The van der Waals surface area contributed by atoms with Crippen LogP contribution in [0.15, 0.2) is 0 Å². The standard InChI is InChI=1S/C8H15N3OS/c1-7(12)10-3-5-11(6-4-10)8(13)9-2/h3-6H2,1-2H3,(H,9,13). The molecule has 4 nitrogen and oxygen atoms in total. The summed E-state index contributed by atoms with van der Waals surface area (Å²) < 4.78 is 0. The number of carbonyl (C=O) groups excluding carboxylic acids is 1. The van der Waals surface area contributed by atoms with Crippen LogP contribution in [0.1, 0.15) is 6.92 Å². The summed E-state index contributed by atoms with van der Waals surface area (Å²) in [5.74, 6) is 0.148. The first-order chi connectivity index (χ1) is 6.15. The van der Waals surface area contributed by atoms with Gasteiger partial charge in [-0.2, -0.15) is 0 Å². The highest BCUT2D eigenvalue weighted by atomic mass is 32.1. The molecule has 0 aromatic heterocycles. The van der Waals surface area contributed by atoms with E-state index in [4.69, 9.17) is 12.2 Å². The summed E-state index contributed by atoms with van der Waals surface area (Å²) >= 11 is 5.09. The van der Waals surface area contributed by atoms with E-state index in [1.54, 1.807) is 6.92 Å². The summed E-state index contributed by atoms with van der Waals surface area (Å²) in [6.45, 7) is 4.82. The van der Waals surface area contributed by atoms with Gasteiger partial charge in [-0.3, -0.25) is 4.79 Å². The van der Waals surface area contributed by atoms with Crippen LogP contribution in [0, 0.1) is 0 Å². The highest BCUT2D eigenvalue weighted by Crippen LogP contribution is 2.01. The smallest absolute Gasteiger partial charge is 0.219 e. The Labute approximate surface area is 83.9 Å². The predicted octanol–water partition coefficient (Wildman–Crippen LogP) is -0.345. The van der Waals surface area contributed by atoms with E-state index in [0.29, 0.717) is 0 Å². The van der Waals surface area contributed by atoms with E-state index in [0.717, 1.165) is 31.3 Å². The van der Waals surface area contributed by atoms with Crippen molar-refractivity contribution in [3.63, 3.8) is 0 Å². The Morgan fingerprint density at radius 1 is 1.23 bits per heavy atom. The van der Waals surface area contributed by atoms with E-state index >= 15 is 0 Å². The fraction of sp³-hybridized carbons (Fsp3) is 0.750. The van der Waals surface area contributed by atoms with Crippen LogP contribution >= 0.6 is 12.2 Å². The Morgan fingerprint density at radius 3 is 2.08 bits per heavy atom. The fourth-order valence-corrected chi connectivity index (χ4v) is 1.57. The van der Waals surface area contributed by atoms with Crippen LogP contribution in [0.5, 0.6) is 0 Å². The Bertz CT molecular complexity index is 211. The van der Waals surface area contributed by atoms with Gasteiger partial charge in [-0.05, 0) is 12.2 Å². The van der Waals surface area contributed by atoms with Crippen molar-refractivity contribution in [3.05, 3.63) is 0 Å². The molecule has 0 atom stereocenters. The summed E-state index contributed by atoms with van der Waals surface area (Å²) in [7, 11) is 1.82. The lowest BCUT2D eigenvalue weighted by atomic mass is 10.3. The molecule has 0 aromatic rings. The molecule has 1 saturated heterocycles. The number of hydrogen-bond donors (Lipinski definition) is 1. The monoisotopic (exact) mass is 201 g/mol. The largest absolute Gasteiger partial charge is 0.366 e. The number of rotatable bonds is 0. The molecule has 1 aliphatic heterocycles. The second kappa shape index (κ2) is 4.41. The van der Waals surface area contributed by atoms with Gasteiger partial charge in [0.15, 0.2) is 5.11 Å². The average Bonchev–Trinajstić information content (AvgIpc) is 2.17. The summed E-state index contributed by atoms with van der Waals surface area (Å²) in [4.78, 5) is 14.9. The molecular formula is C8H15N3OS. The molecule has 0 bridgehead atoms. The molecule has 0 unspecified atom stereocenters. The first-order valence-corrected chi connectivity index (χ1v) is 4.78. The SMILES string of the molecule is CNC(=S)N1CCN(C(C)=O)CC1. The molecule has 74 valence electrons. The normalized spacial score (nSPS) is 17.1. The number of hydrogen-bond acceptors (Lipinski definition) is 2. The van der Waals surface area contributed by atoms with E-state index in [9.17, 15) is 4.79 Å². The molecule has 1 heterocycles. The maximum absolute atomic E-state index is 11.0. The Hall–Kier alpha value is -0.840. The molecule has 1 rings (SSSR count). The van der Waals surface area contributed by atoms with Crippen LogP contribution in [0.3, 0.4) is 0 Å². The predicted molar refractivity (Wildman–Crippen MR) is 55.5 cm³/mol. The summed E-state index contributed by atoms with van der Waals surface area (Å²) in [5, 5.41) is 3.70. The lowest BCUT2D eigenvalue weighted by molar-refractivity contribution is -0.130. The molecule has 5 heteroatoms. The molecule has 0 radical (unpaired) electrons. The molecule has 1 aliphatic rings. The first-order valence-electron chi connectivity index (χ1n) is 4.37. The topological polar surface area (TPSA) is 35.6 Å². The van der Waals surface area contributed by atoms with Gasteiger partial charge in [-0.15, -0.1) is 0 Å². The van der Waals surface area contributed by atoms with Crippen molar-refractivity contribution in [1.29, 1.82) is 0 Å². The number of nitrogens with zero attached hydrogens (tertiary/aromatic N) is 2. The van der Waals surface area contributed by atoms with E-state index in [2.05, 4.69) is 10.2 Å². The van der Waals surface area contributed by atoms with Gasteiger partial charge in [0.2, 0.25) is 5.91 Å².